The molecule has 3 rings (SSSR count). The Bertz CT molecular complexity index is 892. The van der Waals surface area contributed by atoms with Gasteiger partial charge in [0.15, 0.2) is 0 Å². The Kier molecular flexibility index (Phi) is 5.58. The van der Waals surface area contributed by atoms with Crippen molar-refractivity contribution in [2.45, 2.75) is 20.4 Å². The number of nitrogens with zero attached hydrogens (tertiary/aromatic N) is 2. The van der Waals surface area contributed by atoms with Gasteiger partial charge in [-0.1, -0.05) is 13.8 Å². The molecular formula is C21H25N3O2. The normalized spacial score (nSPS) is 11.1. The number of pyridine rings is 1. The third-order valence-corrected chi connectivity index (χ3v) is 4.60. The highest BCUT2D eigenvalue weighted by Gasteiger charge is 2.09. The van der Waals surface area contributed by atoms with E-state index in [2.05, 4.69) is 29.0 Å². The lowest BCUT2D eigenvalue weighted by molar-refractivity contribution is 0.291. The number of phenolic OH excluding ortho intramolecular Hbond substituents is 1. The zero-order valence-corrected chi connectivity index (χ0v) is 15.5. The Morgan fingerprint density at radius 2 is 1.88 bits per heavy atom. The number of phenols is 1. The van der Waals surface area contributed by atoms with Crippen molar-refractivity contribution >= 4 is 22.3 Å². The summed E-state index contributed by atoms with van der Waals surface area (Å²) in [5.41, 5.74) is 3.70. The third-order valence-electron chi connectivity index (χ3n) is 4.60. The lowest BCUT2D eigenvalue weighted by atomic mass is 10.1. The molecule has 136 valence electrons. The third kappa shape index (κ3) is 3.89. The van der Waals surface area contributed by atoms with E-state index in [1.165, 1.54) is 0 Å². The predicted octanol–water partition coefficient (Wildman–Crippen LogP) is 4.53. The highest BCUT2D eigenvalue weighted by atomic mass is 16.5. The smallest absolute Gasteiger partial charge is 0.120 e. The number of benzene rings is 2. The van der Waals surface area contributed by atoms with E-state index in [0.29, 0.717) is 5.75 Å². The molecule has 0 unspecified atom stereocenters. The van der Waals surface area contributed by atoms with E-state index in [4.69, 9.17) is 4.74 Å². The van der Waals surface area contributed by atoms with Crippen LogP contribution in [0.25, 0.3) is 10.9 Å². The number of nitrogens with one attached hydrogen (secondary N) is 1. The Hall–Kier alpha value is -2.79. The minimum Gasteiger partial charge on any atom is -0.508 e. The molecule has 0 spiro atoms. The molecule has 2 N–H and O–H groups in total. The number of methoxy groups -OCH3 is 1. The summed E-state index contributed by atoms with van der Waals surface area (Å²) in [6, 6.07) is 13.4. The van der Waals surface area contributed by atoms with Crippen LogP contribution in [0.5, 0.6) is 11.5 Å². The fourth-order valence-electron chi connectivity index (χ4n) is 2.99. The van der Waals surface area contributed by atoms with Gasteiger partial charge < -0.3 is 15.2 Å². The molecule has 2 aromatic carbocycles. The molecule has 0 atom stereocenters. The summed E-state index contributed by atoms with van der Waals surface area (Å²) in [5.74, 6) is 1.12. The fraction of sp³-hybridized carbons (Fsp3) is 0.286. The highest BCUT2D eigenvalue weighted by molar-refractivity contribution is 5.93. The van der Waals surface area contributed by atoms with Crippen LogP contribution in [0, 0.1) is 0 Å². The summed E-state index contributed by atoms with van der Waals surface area (Å²) < 4.78 is 5.34. The molecule has 0 amide bonds. The molecule has 1 aromatic heterocycles. The number of hydrogen-bond acceptors (Lipinski definition) is 5. The highest BCUT2D eigenvalue weighted by Crippen LogP contribution is 2.30. The predicted molar refractivity (Wildman–Crippen MR) is 106 cm³/mol. The van der Waals surface area contributed by atoms with Crippen molar-refractivity contribution < 1.29 is 9.84 Å². The fourth-order valence-corrected chi connectivity index (χ4v) is 2.99. The minimum absolute atomic E-state index is 0.323. The van der Waals surface area contributed by atoms with Gasteiger partial charge >= 0.3 is 0 Å². The van der Waals surface area contributed by atoms with Crippen LogP contribution in [-0.2, 0) is 6.54 Å². The Labute approximate surface area is 154 Å². The maximum absolute atomic E-state index is 10.2. The first-order valence-electron chi connectivity index (χ1n) is 8.88. The number of aromatic nitrogens is 1. The van der Waals surface area contributed by atoms with Crippen LogP contribution in [0.2, 0.25) is 0 Å². The van der Waals surface area contributed by atoms with Crippen molar-refractivity contribution in [1.29, 1.82) is 0 Å². The van der Waals surface area contributed by atoms with Crippen LogP contribution in [0.3, 0.4) is 0 Å². The van der Waals surface area contributed by atoms with Gasteiger partial charge in [-0.05, 0) is 55.6 Å². The van der Waals surface area contributed by atoms with E-state index in [-0.39, 0.29) is 0 Å². The van der Waals surface area contributed by atoms with Crippen molar-refractivity contribution in [3.63, 3.8) is 0 Å². The largest absolute Gasteiger partial charge is 0.508 e. The lowest BCUT2D eigenvalue weighted by Crippen LogP contribution is -2.22. The minimum atomic E-state index is 0.323. The Morgan fingerprint density at radius 1 is 1.08 bits per heavy atom. The molecule has 0 saturated heterocycles. The molecule has 0 saturated carbocycles. The van der Waals surface area contributed by atoms with Gasteiger partial charge in [0.1, 0.15) is 11.5 Å². The zero-order chi connectivity index (χ0) is 18.5. The van der Waals surface area contributed by atoms with E-state index in [9.17, 15) is 5.11 Å². The van der Waals surface area contributed by atoms with Gasteiger partial charge in [0.25, 0.3) is 0 Å². The second kappa shape index (κ2) is 8.06. The standard InChI is InChI=1S/C21H25N3O2/c1-4-24(5-2)14-15-12-16(6-9-21(15)25)23-20-10-11-22-19-8-7-17(26-3)13-18(19)20/h6-13,25H,4-5,14H2,1-3H3,(H,22,23). The van der Waals surface area contributed by atoms with Crippen LogP contribution >= 0.6 is 0 Å². The van der Waals surface area contributed by atoms with E-state index in [1.54, 1.807) is 19.4 Å². The van der Waals surface area contributed by atoms with Gasteiger partial charge in [-0.2, -0.15) is 0 Å². The first-order chi connectivity index (χ1) is 12.6. The maximum atomic E-state index is 10.2. The summed E-state index contributed by atoms with van der Waals surface area (Å²) in [6.07, 6.45) is 1.79. The number of rotatable bonds is 7. The van der Waals surface area contributed by atoms with E-state index < -0.39 is 0 Å². The molecule has 3 aromatic rings. The van der Waals surface area contributed by atoms with Crippen LogP contribution in [0.15, 0.2) is 48.7 Å². The second-order valence-electron chi connectivity index (χ2n) is 6.17. The van der Waals surface area contributed by atoms with Crippen LogP contribution in [0.1, 0.15) is 19.4 Å². The van der Waals surface area contributed by atoms with Gasteiger partial charge in [-0.25, -0.2) is 0 Å². The van der Waals surface area contributed by atoms with Crippen molar-refractivity contribution in [1.82, 2.24) is 9.88 Å². The molecule has 26 heavy (non-hydrogen) atoms. The Balaban J connectivity index is 1.93. The van der Waals surface area contributed by atoms with Crippen molar-refractivity contribution in [2.75, 3.05) is 25.5 Å². The monoisotopic (exact) mass is 351 g/mol. The Morgan fingerprint density at radius 3 is 2.62 bits per heavy atom. The van der Waals surface area contributed by atoms with Gasteiger partial charge in [0, 0.05) is 35.1 Å². The number of anilines is 2. The average Bonchev–Trinajstić information content (AvgIpc) is 2.68. The number of ether oxygens (including phenoxy) is 1. The molecule has 5 nitrogen and oxygen atoms in total. The SMILES string of the molecule is CCN(CC)Cc1cc(Nc2ccnc3ccc(OC)cc23)ccc1O. The summed E-state index contributed by atoms with van der Waals surface area (Å²) >= 11 is 0. The summed E-state index contributed by atoms with van der Waals surface area (Å²) in [5, 5.41) is 14.6. The first kappa shape index (κ1) is 18.0. The number of aromatic hydroxyl groups is 1. The van der Waals surface area contributed by atoms with Gasteiger partial charge in [-0.3, -0.25) is 9.88 Å². The second-order valence-corrected chi connectivity index (χ2v) is 6.17. The van der Waals surface area contributed by atoms with Crippen LogP contribution < -0.4 is 10.1 Å². The van der Waals surface area contributed by atoms with E-state index in [1.807, 2.05) is 36.4 Å². The number of hydrogen-bond donors (Lipinski definition) is 2. The summed E-state index contributed by atoms with van der Waals surface area (Å²) in [7, 11) is 1.66. The zero-order valence-electron chi connectivity index (χ0n) is 15.5. The molecule has 0 aliphatic carbocycles. The lowest BCUT2D eigenvalue weighted by Gasteiger charge is -2.19. The molecule has 0 bridgehead atoms. The molecule has 0 aliphatic rings. The summed E-state index contributed by atoms with van der Waals surface area (Å²) in [4.78, 5) is 6.68. The van der Waals surface area contributed by atoms with Gasteiger partial charge in [0.2, 0.25) is 0 Å². The average molecular weight is 351 g/mol. The van der Waals surface area contributed by atoms with Gasteiger partial charge in [0.05, 0.1) is 12.6 Å². The quantitative estimate of drug-likeness (QED) is 0.612. The van der Waals surface area contributed by atoms with Crippen molar-refractivity contribution in [2.24, 2.45) is 0 Å². The van der Waals surface area contributed by atoms with Crippen LogP contribution in [-0.4, -0.2) is 35.2 Å². The van der Waals surface area contributed by atoms with Crippen molar-refractivity contribution in [3.8, 4) is 11.5 Å². The van der Waals surface area contributed by atoms with Crippen LogP contribution in [0.4, 0.5) is 11.4 Å². The van der Waals surface area contributed by atoms with Crippen molar-refractivity contribution in [3.05, 3.63) is 54.2 Å². The molecule has 5 heteroatoms. The molecule has 1 heterocycles. The van der Waals surface area contributed by atoms with E-state index in [0.717, 1.165) is 53.2 Å². The number of fused-ring (bicyclic) bond motifs is 1. The molecule has 0 radical (unpaired) electrons. The van der Waals surface area contributed by atoms with Gasteiger partial charge in [-0.15, -0.1) is 0 Å². The summed E-state index contributed by atoms with van der Waals surface area (Å²) in [6.45, 7) is 6.86. The molecule has 0 aliphatic heterocycles. The first-order valence-corrected chi connectivity index (χ1v) is 8.88. The topological polar surface area (TPSA) is 57.6 Å². The maximum Gasteiger partial charge on any atom is 0.120 e. The molecular weight excluding hydrogens is 326 g/mol. The molecule has 0 fully saturated rings. The van der Waals surface area contributed by atoms with E-state index >= 15 is 0 Å².